The summed E-state index contributed by atoms with van der Waals surface area (Å²) in [5.74, 6) is 0.674. The molecule has 1 rings (SSSR count). The number of nitrogens with zero attached hydrogens (tertiary/aromatic N) is 2. The lowest BCUT2D eigenvalue weighted by molar-refractivity contribution is -0.129. The first-order valence-electron chi connectivity index (χ1n) is 5.40. The van der Waals surface area contributed by atoms with E-state index in [1.54, 1.807) is 4.90 Å². The summed E-state index contributed by atoms with van der Waals surface area (Å²) in [5, 5.41) is 8.04. The van der Waals surface area contributed by atoms with Crippen molar-refractivity contribution in [2.45, 2.75) is 27.2 Å². The molecule has 1 saturated heterocycles. The Bertz CT molecular complexity index is 267. The van der Waals surface area contributed by atoms with Crippen LogP contribution in [-0.2, 0) is 4.79 Å². The summed E-state index contributed by atoms with van der Waals surface area (Å²) in [7, 11) is 1.83. The van der Waals surface area contributed by atoms with Crippen LogP contribution < -0.4 is 0 Å². The molecule has 0 aromatic carbocycles. The fraction of sp³-hybridized carbons (Fsp3) is 0.818. The number of hydrogen-bond acceptors (Lipinski definition) is 2. The van der Waals surface area contributed by atoms with Crippen LogP contribution in [0.15, 0.2) is 0 Å². The van der Waals surface area contributed by atoms with E-state index in [9.17, 15) is 4.79 Å². The third-order valence-corrected chi connectivity index (χ3v) is 2.70. The molecule has 1 aliphatic heterocycles. The molecule has 15 heavy (non-hydrogen) atoms. The Hall–Kier alpha value is -1.06. The van der Waals surface area contributed by atoms with Gasteiger partial charge in [-0.05, 0) is 6.42 Å². The van der Waals surface area contributed by atoms with Gasteiger partial charge < -0.3 is 9.80 Å². The highest BCUT2D eigenvalue weighted by Crippen LogP contribution is 2.19. The summed E-state index contributed by atoms with van der Waals surface area (Å²) in [6, 6.07) is 0. The molecule has 1 N–H and O–H groups in total. The van der Waals surface area contributed by atoms with Gasteiger partial charge in [0, 0.05) is 25.6 Å². The molecule has 0 radical (unpaired) electrons. The second-order valence-electron chi connectivity index (χ2n) is 5.19. The number of carbonyl (C=O) groups is 1. The van der Waals surface area contributed by atoms with Crippen molar-refractivity contribution in [3.8, 4) is 0 Å². The van der Waals surface area contributed by atoms with Gasteiger partial charge in [0.05, 0.1) is 6.54 Å². The molecule has 1 amide bonds. The SMILES string of the molecule is CN1CCCN(C(=N)C(C)(C)C)CC1=O. The average molecular weight is 211 g/mol. The lowest BCUT2D eigenvalue weighted by Gasteiger charge is -2.30. The van der Waals surface area contributed by atoms with Crippen molar-refractivity contribution >= 4 is 11.7 Å². The number of hydrogen-bond donors (Lipinski definition) is 1. The highest BCUT2D eigenvalue weighted by Gasteiger charge is 2.27. The van der Waals surface area contributed by atoms with Crippen molar-refractivity contribution in [3.05, 3.63) is 0 Å². The van der Waals surface area contributed by atoms with Gasteiger partial charge in [-0.3, -0.25) is 10.2 Å². The van der Waals surface area contributed by atoms with Crippen molar-refractivity contribution < 1.29 is 4.79 Å². The van der Waals surface area contributed by atoms with E-state index in [1.807, 2.05) is 32.7 Å². The topological polar surface area (TPSA) is 47.4 Å². The molecule has 4 nitrogen and oxygen atoms in total. The molecular formula is C11H21N3O. The Morgan fingerprint density at radius 1 is 1.33 bits per heavy atom. The van der Waals surface area contributed by atoms with Gasteiger partial charge in [0.25, 0.3) is 0 Å². The molecule has 0 aromatic rings. The van der Waals surface area contributed by atoms with E-state index in [0.717, 1.165) is 19.5 Å². The molecule has 86 valence electrons. The van der Waals surface area contributed by atoms with Gasteiger partial charge in [-0.25, -0.2) is 0 Å². The molecule has 0 saturated carbocycles. The molecular weight excluding hydrogens is 190 g/mol. The second-order valence-corrected chi connectivity index (χ2v) is 5.19. The molecule has 4 heteroatoms. The fourth-order valence-corrected chi connectivity index (χ4v) is 1.65. The monoisotopic (exact) mass is 211 g/mol. The summed E-state index contributed by atoms with van der Waals surface area (Å²) >= 11 is 0. The van der Waals surface area contributed by atoms with E-state index in [2.05, 4.69) is 0 Å². The van der Waals surface area contributed by atoms with Crippen LogP contribution in [0.3, 0.4) is 0 Å². The van der Waals surface area contributed by atoms with E-state index >= 15 is 0 Å². The van der Waals surface area contributed by atoms with E-state index in [1.165, 1.54) is 0 Å². The lowest BCUT2D eigenvalue weighted by Crippen LogP contribution is -2.42. The Balaban J connectivity index is 2.71. The van der Waals surface area contributed by atoms with Crippen molar-refractivity contribution in [3.63, 3.8) is 0 Å². The van der Waals surface area contributed by atoms with Crippen molar-refractivity contribution in [1.29, 1.82) is 5.41 Å². The fourth-order valence-electron chi connectivity index (χ4n) is 1.65. The summed E-state index contributed by atoms with van der Waals surface area (Å²) in [5.41, 5.74) is -0.177. The highest BCUT2D eigenvalue weighted by atomic mass is 16.2. The maximum Gasteiger partial charge on any atom is 0.241 e. The molecule has 0 atom stereocenters. The largest absolute Gasteiger partial charge is 0.351 e. The van der Waals surface area contributed by atoms with Gasteiger partial charge >= 0.3 is 0 Å². The number of amidine groups is 1. The van der Waals surface area contributed by atoms with Crippen LogP contribution in [0.4, 0.5) is 0 Å². The van der Waals surface area contributed by atoms with E-state index in [-0.39, 0.29) is 11.3 Å². The third kappa shape index (κ3) is 2.94. The first-order chi connectivity index (χ1) is 6.82. The van der Waals surface area contributed by atoms with Crippen molar-refractivity contribution in [2.75, 3.05) is 26.7 Å². The van der Waals surface area contributed by atoms with Crippen LogP contribution in [0, 0.1) is 10.8 Å². The van der Waals surface area contributed by atoms with E-state index in [0.29, 0.717) is 12.4 Å². The third-order valence-electron chi connectivity index (χ3n) is 2.70. The second kappa shape index (κ2) is 4.21. The normalized spacial score (nSPS) is 19.1. The van der Waals surface area contributed by atoms with Crippen LogP contribution in [-0.4, -0.2) is 48.2 Å². The number of rotatable bonds is 0. The summed E-state index contributed by atoms with van der Waals surface area (Å²) in [6.45, 7) is 7.99. The minimum atomic E-state index is -0.177. The average Bonchev–Trinajstić information content (AvgIpc) is 2.27. The van der Waals surface area contributed by atoms with Gasteiger partial charge in [0.2, 0.25) is 5.91 Å². The van der Waals surface area contributed by atoms with E-state index < -0.39 is 0 Å². The first kappa shape index (κ1) is 12.0. The molecule has 1 fully saturated rings. The minimum absolute atomic E-state index is 0.113. The lowest BCUT2D eigenvalue weighted by atomic mass is 9.94. The predicted octanol–water partition coefficient (Wildman–Crippen LogP) is 1.17. The van der Waals surface area contributed by atoms with Crippen LogP contribution >= 0.6 is 0 Å². The standard InChI is InChI=1S/C11H21N3O/c1-11(2,3)10(12)14-7-5-6-13(4)9(15)8-14/h12H,5-8H2,1-4H3. The molecule has 1 heterocycles. The maximum atomic E-state index is 11.6. The Kier molecular flexibility index (Phi) is 3.37. The Morgan fingerprint density at radius 2 is 1.93 bits per heavy atom. The van der Waals surface area contributed by atoms with E-state index in [4.69, 9.17) is 5.41 Å². The Morgan fingerprint density at radius 3 is 2.47 bits per heavy atom. The van der Waals surface area contributed by atoms with Gasteiger partial charge in [0.15, 0.2) is 0 Å². The number of amides is 1. The summed E-state index contributed by atoms with van der Waals surface area (Å²) < 4.78 is 0. The molecule has 0 bridgehead atoms. The molecule has 0 aromatic heterocycles. The number of carbonyl (C=O) groups excluding carboxylic acids is 1. The molecule has 0 aliphatic carbocycles. The smallest absolute Gasteiger partial charge is 0.241 e. The van der Waals surface area contributed by atoms with Crippen molar-refractivity contribution in [1.82, 2.24) is 9.80 Å². The van der Waals surface area contributed by atoms with Gasteiger partial charge in [-0.15, -0.1) is 0 Å². The maximum absolute atomic E-state index is 11.6. The molecule has 0 spiro atoms. The number of nitrogens with one attached hydrogen (secondary N) is 1. The summed E-state index contributed by atoms with van der Waals surface area (Å²) in [4.78, 5) is 15.3. The van der Waals surface area contributed by atoms with Crippen molar-refractivity contribution in [2.24, 2.45) is 5.41 Å². The zero-order valence-corrected chi connectivity index (χ0v) is 10.1. The zero-order valence-electron chi connectivity index (χ0n) is 10.1. The van der Waals surface area contributed by atoms with Crippen LogP contribution in [0.25, 0.3) is 0 Å². The molecule has 0 unspecified atom stereocenters. The van der Waals surface area contributed by atoms with Crippen LogP contribution in [0.5, 0.6) is 0 Å². The van der Waals surface area contributed by atoms with Gasteiger partial charge in [-0.2, -0.15) is 0 Å². The van der Waals surface area contributed by atoms with Gasteiger partial charge in [-0.1, -0.05) is 20.8 Å². The van der Waals surface area contributed by atoms with Crippen LogP contribution in [0.2, 0.25) is 0 Å². The minimum Gasteiger partial charge on any atom is -0.351 e. The predicted molar refractivity (Wildman–Crippen MR) is 61.0 cm³/mol. The molecule has 1 aliphatic rings. The first-order valence-corrected chi connectivity index (χ1v) is 5.40. The quantitative estimate of drug-likeness (QED) is 0.483. The highest BCUT2D eigenvalue weighted by molar-refractivity contribution is 5.89. The van der Waals surface area contributed by atoms with Crippen LogP contribution in [0.1, 0.15) is 27.2 Å². The Labute approximate surface area is 91.7 Å². The van der Waals surface area contributed by atoms with Gasteiger partial charge in [0.1, 0.15) is 5.84 Å². The zero-order chi connectivity index (χ0) is 11.6. The number of likely N-dealkylation sites (N-methyl/N-ethyl adjacent to an activating group) is 1. The summed E-state index contributed by atoms with van der Waals surface area (Å²) in [6.07, 6.45) is 0.945.